The Morgan fingerprint density at radius 3 is 2.85 bits per heavy atom. The lowest BCUT2D eigenvalue weighted by atomic mass is 9.96. The molecule has 0 saturated heterocycles. The van der Waals surface area contributed by atoms with Crippen molar-refractivity contribution in [2.75, 3.05) is 0 Å². The molecule has 0 bridgehead atoms. The first-order valence-corrected chi connectivity index (χ1v) is 7.03. The highest BCUT2D eigenvalue weighted by atomic mass is 16.5. The Hall–Kier alpha value is -1.93. The van der Waals surface area contributed by atoms with Gasteiger partial charge in [0, 0.05) is 6.42 Å². The largest absolute Gasteiger partial charge is 0.365 e. The Balaban J connectivity index is 1.92. The quantitative estimate of drug-likeness (QED) is 0.778. The monoisotopic (exact) mass is 266 g/mol. The van der Waals surface area contributed by atoms with Crippen LogP contribution in [-0.2, 0) is 9.53 Å². The smallest absolute Gasteiger partial charge is 0.132 e. The number of rotatable bonds is 3. The molecule has 0 spiro atoms. The summed E-state index contributed by atoms with van der Waals surface area (Å²) in [5, 5.41) is 2.46. The first-order chi connectivity index (χ1) is 9.74. The van der Waals surface area contributed by atoms with Crippen molar-refractivity contribution in [3.8, 4) is 0 Å². The van der Waals surface area contributed by atoms with Crippen molar-refractivity contribution >= 4 is 16.6 Å². The first kappa shape index (κ1) is 13.1. The maximum Gasteiger partial charge on any atom is 0.132 e. The molecule has 0 aromatic heterocycles. The predicted octanol–water partition coefficient (Wildman–Crippen LogP) is 4.21. The number of carbonyl (C=O) groups is 1. The van der Waals surface area contributed by atoms with E-state index >= 15 is 0 Å². The van der Waals surface area contributed by atoms with Gasteiger partial charge in [-0.2, -0.15) is 0 Å². The van der Waals surface area contributed by atoms with E-state index in [1.807, 2.05) is 12.1 Å². The lowest BCUT2D eigenvalue weighted by Gasteiger charge is -2.26. The van der Waals surface area contributed by atoms with Gasteiger partial charge in [-0.3, -0.25) is 4.79 Å². The number of Topliss-reactive ketones (excluding diaryl/α,β-unsaturated/α-hetero) is 1. The second-order valence-corrected chi connectivity index (χ2v) is 5.30. The molecule has 2 aromatic rings. The third kappa shape index (κ3) is 2.66. The van der Waals surface area contributed by atoms with Crippen LogP contribution in [0, 0.1) is 0 Å². The summed E-state index contributed by atoms with van der Waals surface area (Å²) in [6.45, 7) is 1.61. The molecule has 2 nitrogen and oxygen atoms in total. The van der Waals surface area contributed by atoms with Gasteiger partial charge >= 0.3 is 0 Å². The van der Waals surface area contributed by atoms with E-state index in [1.54, 1.807) is 6.92 Å². The number of carbonyl (C=O) groups excluding carboxylic acids is 1. The van der Waals surface area contributed by atoms with Crippen LogP contribution in [0.4, 0.5) is 0 Å². The summed E-state index contributed by atoms with van der Waals surface area (Å²) in [5.41, 5.74) is 1.21. The molecule has 3 rings (SSSR count). The van der Waals surface area contributed by atoms with Crippen LogP contribution in [0.5, 0.6) is 0 Å². The van der Waals surface area contributed by atoms with Crippen LogP contribution in [0.3, 0.4) is 0 Å². The van der Waals surface area contributed by atoms with Gasteiger partial charge in [-0.25, -0.2) is 0 Å². The van der Waals surface area contributed by atoms with Gasteiger partial charge in [0.05, 0.1) is 12.2 Å². The van der Waals surface area contributed by atoms with Crippen LogP contribution in [0.1, 0.15) is 31.4 Å². The standard InChI is InChI=1S/C18H18O2/c1-13(19)12-15-8-5-11-18(20-15)17-10-4-7-14-6-2-3-9-16(14)17/h2-10,15,18H,11-12H2,1H3/t15-,18+/m0/s1. The highest BCUT2D eigenvalue weighted by molar-refractivity contribution is 5.86. The average Bonchev–Trinajstić information content (AvgIpc) is 2.46. The highest BCUT2D eigenvalue weighted by Crippen LogP contribution is 2.33. The van der Waals surface area contributed by atoms with Crippen molar-refractivity contribution in [3.63, 3.8) is 0 Å². The molecule has 0 fully saturated rings. The van der Waals surface area contributed by atoms with Crippen molar-refractivity contribution in [2.45, 2.75) is 32.0 Å². The molecule has 2 aromatic carbocycles. The van der Waals surface area contributed by atoms with E-state index in [2.05, 4.69) is 42.5 Å². The van der Waals surface area contributed by atoms with Crippen molar-refractivity contribution in [3.05, 3.63) is 60.2 Å². The van der Waals surface area contributed by atoms with E-state index in [1.165, 1.54) is 16.3 Å². The van der Waals surface area contributed by atoms with Gasteiger partial charge < -0.3 is 4.74 Å². The molecular weight excluding hydrogens is 248 g/mol. The fraction of sp³-hybridized carbons (Fsp3) is 0.278. The SMILES string of the molecule is CC(=O)C[C@@H]1C=CC[C@H](c2cccc3ccccc23)O1. The fourth-order valence-corrected chi connectivity index (χ4v) is 2.80. The van der Waals surface area contributed by atoms with E-state index in [-0.39, 0.29) is 18.0 Å². The summed E-state index contributed by atoms with van der Waals surface area (Å²) in [6.07, 6.45) is 5.40. The molecule has 2 atom stereocenters. The first-order valence-electron chi connectivity index (χ1n) is 7.03. The number of ether oxygens (including phenoxy) is 1. The summed E-state index contributed by atoms with van der Waals surface area (Å²) in [7, 11) is 0. The topological polar surface area (TPSA) is 26.3 Å². The normalized spacial score (nSPS) is 22.1. The van der Waals surface area contributed by atoms with Crippen LogP contribution < -0.4 is 0 Å². The van der Waals surface area contributed by atoms with Crippen LogP contribution in [0.25, 0.3) is 10.8 Å². The summed E-state index contributed by atoms with van der Waals surface area (Å²) in [4.78, 5) is 11.3. The molecule has 0 unspecified atom stereocenters. The van der Waals surface area contributed by atoms with Crippen molar-refractivity contribution < 1.29 is 9.53 Å². The zero-order chi connectivity index (χ0) is 13.9. The number of hydrogen-bond acceptors (Lipinski definition) is 2. The third-order valence-electron chi connectivity index (χ3n) is 3.70. The molecule has 0 amide bonds. The Labute approximate surface area is 119 Å². The van der Waals surface area contributed by atoms with Crippen molar-refractivity contribution in [2.24, 2.45) is 0 Å². The molecule has 2 heteroatoms. The molecule has 102 valence electrons. The van der Waals surface area contributed by atoms with Gasteiger partial charge in [0.25, 0.3) is 0 Å². The minimum absolute atomic E-state index is 0.0375. The van der Waals surface area contributed by atoms with E-state index in [4.69, 9.17) is 4.74 Å². The number of hydrogen-bond donors (Lipinski definition) is 0. The van der Waals surface area contributed by atoms with Crippen molar-refractivity contribution in [1.82, 2.24) is 0 Å². The fourth-order valence-electron chi connectivity index (χ4n) is 2.80. The summed E-state index contributed by atoms with van der Waals surface area (Å²) >= 11 is 0. The molecule has 1 aliphatic heterocycles. The number of fused-ring (bicyclic) bond motifs is 1. The minimum Gasteiger partial charge on any atom is -0.365 e. The summed E-state index contributed by atoms with van der Waals surface area (Å²) in [5.74, 6) is 0.165. The van der Waals surface area contributed by atoms with Gasteiger partial charge in [-0.05, 0) is 29.7 Å². The average molecular weight is 266 g/mol. The van der Waals surface area contributed by atoms with Crippen LogP contribution >= 0.6 is 0 Å². The van der Waals surface area contributed by atoms with E-state index in [9.17, 15) is 4.79 Å². The summed E-state index contributed by atoms with van der Waals surface area (Å²) in [6, 6.07) is 14.7. The molecule has 0 radical (unpaired) electrons. The van der Waals surface area contributed by atoms with Crippen LogP contribution in [0.2, 0.25) is 0 Å². The number of benzene rings is 2. The van der Waals surface area contributed by atoms with Crippen LogP contribution in [-0.4, -0.2) is 11.9 Å². The van der Waals surface area contributed by atoms with E-state index in [0.717, 1.165) is 6.42 Å². The van der Waals surface area contributed by atoms with E-state index < -0.39 is 0 Å². The molecule has 20 heavy (non-hydrogen) atoms. The maximum absolute atomic E-state index is 11.3. The highest BCUT2D eigenvalue weighted by Gasteiger charge is 2.22. The molecule has 0 saturated carbocycles. The van der Waals surface area contributed by atoms with E-state index in [0.29, 0.717) is 6.42 Å². The zero-order valence-electron chi connectivity index (χ0n) is 11.6. The Morgan fingerprint density at radius 1 is 1.20 bits per heavy atom. The second kappa shape index (κ2) is 5.59. The molecular formula is C18H18O2. The maximum atomic E-state index is 11.3. The predicted molar refractivity (Wildman–Crippen MR) is 80.6 cm³/mol. The van der Waals surface area contributed by atoms with Gasteiger partial charge in [0.1, 0.15) is 5.78 Å². The van der Waals surface area contributed by atoms with Gasteiger partial charge in [-0.1, -0.05) is 54.6 Å². The number of ketones is 1. The van der Waals surface area contributed by atoms with Crippen molar-refractivity contribution in [1.29, 1.82) is 0 Å². The molecule has 1 heterocycles. The van der Waals surface area contributed by atoms with Gasteiger partial charge in [0.2, 0.25) is 0 Å². The lowest BCUT2D eigenvalue weighted by Crippen LogP contribution is -2.20. The Morgan fingerprint density at radius 2 is 2.00 bits per heavy atom. The molecule has 0 N–H and O–H groups in total. The zero-order valence-corrected chi connectivity index (χ0v) is 11.6. The van der Waals surface area contributed by atoms with Gasteiger partial charge in [0.15, 0.2) is 0 Å². The Kier molecular flexibility index (Phi) is 3.66. The van der Waals surface area contributed by atoms with Gasteiger partial charge in [-0.15, -0.1) is 0 Å². The second-order valence-electron chi connectivity index (χ2n) is 5.30. The molecule has 1 aliphatic rings. The Bertz CT molecular complexity index is 652. The van der Waals surface area contributed by atoms with Crippen LogP contribution in [0.15, 0.2) is 54.6 Å². The summed E-state index contributed by atoms with van der Waals surface area (Å²) < 4.78 is 6.08. The lowest BCUT2D eigenvalue weighted by molar-refractivity contribution is -0.120. The molecule has 0 aliphatic carbocycles. The minimum atomic E-state index is -0.0924. The third-order valence-corrected chi connectivity index (χ3v) is 3.70.